The fourth-order valence-corrected chi connectivity index (χ4v) is 2.59. The highest BCUT2D eigenvalue weighted by molar-refractivity contribution is 6.32. The van der Waals surface area contributed by atoms with Gasteiger partial charge in [-0.2, -0.15) is 13.2 Å². The molecule has 0 saturated heterocycles. The van der Waals surface area contributed by atoms with Crippen LogP contribution in [0.5, 0.6) is 0 Å². The third kappa shape index (κ3) is 3.43. The first-order chi connectivity index (χ1) is 9.30. The molecular formula is C13H14ClF3N2O. The van der Waals surface area contributed by atoms with E-state index in [0.717, 1.165) is 5.56 Å². The average molecular weight is 307 g/mol. The molecule has 3 nitrogen and oxygen atoms in total. The van der Waals surface area contributed by atoms with Gasteiger partial charge in [0.2, 0.25) is 5.91 Å². The topological polar surface area (TPSA) is 41.1 Å². The number of alkyl halides is 3. The number of hydrogen-bond acceptors (Lipinski definition) is 2. The minimum atomic E-state index is -4.20. The zero-order valence-electron chi connectivity index (χ0n) is 10.8. The standard InChI is InChI=1S/C13H14ClF3N2O/c1-18-10(2-3-13(15,16)17)8-4-7-5-12(20)19-11(7)6-9(8)14/h4,6,10,18H,2-3,5H2,1H3,(H,19,20). The number of benzene rings is 1. The summed E-state index contributed by atoms with van der Waals surface area (Å²) in [7, 11) is 1.59. The van der Waals surface area contributed by atoms with Crippen molar-refractivity contribution in [2.75, 3.05) is 12.4 Å². The third-order valence-corrected chi connectivity index (χ3v) is 3.62. The van der Waals surface area contributed by atoms with Crippen LogP contribution in [-0.2, 0) is 11.2 Å². The summed E-state index contributed by atoms with van der Waals surface area (Å²) in [6.45, 7) is 0. The molecule has 7 heteroatoms. The van der Waals surface area contributed by atoms with Crippen molar-refractivity contribution in [3.63, 3.8) is 0 Å². The van der Waals surface area contributed by atoms with E-state index in [-0.39, 0.29) is 18.7 Å². The van der Waals surface area contributed by atoms with Crippen molar-refractivity contribution in [2.24, 2.45) is 0 Å². The molecular weight excluding hydrogens is 293 g/mol. The van der Waals surface area contributed by atoms with Gasteiger partial charge in [0, 0.05) is 23.2 Å². The summed E-state index contributed by atoms with van der Waals surface area (Å²) < 4.78 is 37.0. The molecule has 1 amide bonds. The molecule has 1 aromatic rings. The van der Waals surface area contributed by atoms with Crippen LogP contribution < -0.4 is 10.6 Å². The van der Waals surface area contributed by atoms with Crippen LogP contribution in [0.1, 0.15) is 30.0 Å². The maximum absolute atomic E-state index is 12.3. The van der Waals surface area contributed by atoms with Crippen LogP contribution in [0.25, 0.3) is 0 Å². The van der Waals surface area contributed by atoms with Gasteiger partial charge in [0.25, 0.3) is 0 Å². The Balaban J connectivity index is 2.22. The first-order valence-electron chi connectivity index (χ1n) is 6.16. The predicted molar refractivity (Wildman–Crippen MR) is 70.9 cm³/mol. The van der Waals surface area contributed by atoms with E-state index in [0.29, 0.717) is 16.3 Å². The van der Waals surface area contributed by atoms with E-state index in [1.54, 1.807) is 19.2 Å². The Morgan fingerprint density at radius 1 is 1.45 bits per heavy atom. The highest BCUT2D eigenvalue weighted by Gasteiger charge is 2.29. The van der Waals surface area contributed by atoms with E-state index in [2.05, 4.69) is 10.6 Å². The summed E-state index contributed by atoms with van der Waals surface area (Å²) in [5.74, 6) is -0.135. The second-order valence-corrected chi connectivity index (χ2v) is 5.16. The van der Waals surface area contributed by atoms with E-state index in [1.165, 1.54) is 0 Å². The molecule has 0 spiro atoms. The molecule has 2 N–H and O–H groups in total. The molecule has 1 aliphatic rings. The van der Waals surface area contributed by atoms with Crippen LogP contribution >= 0.6 is 11.6 Å². The summed E-state index contributed by atoms with van der Waals surface area (Å²) in [6.07, 6.45) is -4.95. The van der Waals surface area contributed by atoms with Gasteiger partial charge in [-0.3, -0.25) is 4.79 Å². The number of carbonyl (C=O) groups is 1. The average Bonchev–Trinajstić information content (AvgIpc) is 2.67. The molecule has 1 aromatic carbocycles. The zero-order chi connectivity index (χ0) is 14.9. The van der Waals surface area contributed by atoms with Crippen LogP contribution in [-0.4, -0.2) is 19.1 Å². The molecule has 1 aliphatic heterocycles. The Hall–Kier alpha value is -1.27. The monoisotopic (exact) mass is 306 g/mol. The van der Waals surface area contributed by atoms with E-state index < -0.39 is 18.6 Å². The maximum Gasteiger partial charge on any atom is 0.389 e. The van der Waals surface area contributed by atoms with Crippen LogP contribution in [0.15, 0.2) is 12.1 Å². The second kappa shape index (κ2) is 5.61. The molecule has 1 heterocycles. The fourth-order valence-electron chi connectivity index (χ4n) is 2.30. The van der Waals surface area contributed by atoms with E-state index in [9.17, 15) is 18.0 Å². The first-order valence-corrected chi connectivity index (χ1v) is 6.54. The van der Waals surface area contributed by atoms with Crippen molar-refractivity contribution in [3.05, 3.63) is 28.3 Å². The fraction of sp³-hybridized carbons (Fsp3) is 0.462. The molecule has 0 aliphatic carbocycles. The van der Waals surface area contributed by atoms with Crippen LogP contribution in [0.4, 0.5) is 18.9 Å². The Morgan fingerprint density at radius 2 is 2.15 bits per heavy atom. The molecule has 0 bridgehead atoms. The van der Waals surface area contributed by atoms with Crippen LogP contribution in [0.3, 0.4) is 0 Å². The molecule has 2 rings (SSSR count). The number of rotatable bonds is 4. The van der Waals surface area contributed by atoms with Crippen molar-refractivity contribution >= 4 is 23.2 Å². The number of carbonyl (C=O) groups excluding carboxylic acids is 1. The van der Waals surface area contributed by atoms with E-state index in [1.807, 2.05) is 0 Å². The number of nitrogens with one attached hydrogen (secondary N) is 2. The largest absolute Gasteiger partial charge is 0.389 e. The molecule has 0 radical (unpaired) electrons. The van der Waals surface area contributed by atoms with Gasteiger partial charge in [0.05, 0.1) is 6.42 Å². The number of hydrogen-bond donors (Lipinski definition) is 2. The lowest BCUT2D eigenvalue weighted by Gasteiger charge is -2.20. The number of halogens is 4. The lowest BCUT2D eigenvalue weighted by atomic mass is 9.98. The second-order valence-electron chi connectivity index (χ2n) is 4.75. The van der Waals surface area contributed by atoms with E-state index >= 15 is 0 Å². The number of fused-ring (bicyclic) bond motifs is 1. The van der Waals surface area contributed by atoms with Gasteiger partial charge in [-0.05, 0) is 30.7 Å². The van der Waals surface area contributed by atoms with Crippen molar-refractivity contribution in [2.45, 2.75) is 31.5 Å². The third-order valence-electron chi connectivity index (χ3n) is 3.29. The quantitative estimate of drug-likeness (QED) is 0.894. The van der Waals surface area contributed by atoms with Gasteiger partial charge in [0.15, 0.2) is 0 Å². The summed E-state index contributed by atoms with van der Waals surface area (Å²) in [5.41, 5.74) is 1.99. The molecule has 1 atom stereocenters. The minimum absolute atomic E-state index is 0.0973. The molecule has 0 saturated carbocycles. The zero-order valence-corrected chi connectivity index (χ0v) is 11.5. The molecule has 1 unspecified atom stereocenters. The van der Waals surface area contributed by atoms with Gasteiger partial charge in [-0.25, -0.2) is 0 Å². The van der Waals surface area contributed by atoms with Crippen LogP contribution in [0, 0.1) is 0 Å². The lowest BCUT2D eigenvalue weighted by Crippen LogP contribution is -2.20. The number of amides is 1. The SMILES string of the molecule is CNC(CCC(F)(F)F)c1cc2c(cc1Cl)NC(=O)C2. The number of anilines is 1. The Morgan fingerprint density at radius 3 is 2.75 bits per heavy atom. The summed E-state index contributed by atoms with van der Waals surface area (Å²) in [6, 6.07) is 2.80. The van der Waals surface area contributed by atoms with Gasteiger partial charge >= 0.3 is 6.18 Å². The van der Waals surface area contributed by atoms with Gasteiger partial charge < -0.3 is 10.6 Å². The van der Waals surface area contributed by atoms with E-state index in [4.69, 9.17) is 11.6 Å². The van der Waals surface area contributed by atoms with Gasteiger partial charge in [-0.1, -0.05) is 17.7 Å². The molecule has 20 heavy (non-hydrogen) atoms. The lowest BCUT2D eigenvalue weighted by molar-refractivity contribution is -0.136. The Labute approximate surface area is 119 Å². The normalized spacial score (nSPS) is 15.9. The first kappa shape index (κ1) is 15.1. The van der Waals surface area contributed by atoms with Gasteiger partial charge in [0.1, 0.15) is 0 Å². The van der Waals surface area contributed by atoms with Crippen LogP contribution in [0.2, 0.25) is 5.02 Å². The van der Waals surface area contributed by atoms with Crippen molar-refractivity contribution < 1.29 is 18.0 Å². The van der Waals surface area contributed by atoms with Crippen molar-refractivity contribution in [3.8, 4) is 0 Å². The summed E-state index contributed by atoms with van der Waals surface area (Å²) in [5, 5.41) is 5.85. The Bertz CT molecular complexity index is 531. The summed E-state index contributed by atoms with van der Waals surface area (Å²) in [4.78, 5) is 11.3. The highest BCUT2D eigenvalue weighted by Crippen LogP contribution is 2.35. The summed E-state index contributed by atoms with van der Waals surface area (Å²) >= 11 is 6.11. The minimum Gasteiger partial charge on any atom is -0.325 e. The van der Waals surface area contributed by atoms with Crippen molar-refractivity contribution in [1.29, 1.82) is 0 Å². The molecule has 0 aromatic heterocycles. The maximum atomic E-state index is 12.3. The van der Waals surface area contributed by atoms with Gasteiger partial charge in [-0.15, -0.1) is 0 Å². The highest BCUT2D eigenvalue weighted by atomic mass is 35.5. The smallest absolute Gasteiger partial charge is 0.325 e. The predicted octanol–water partition coefficient (Wildman–Crippen LogP) is 3.44. The Kier molecular flexibility index (Phi) is 4.25. The molecule has 110 valence electrons. The van der Waals surface area contributed by atoms with Crippen molar-refractivity contribution in [1.82, 2.24) is 5.32 Å². The molecule has 0 fully saturated rings.